The number of anilines is 1. The van der Waals surface area contributed by atoms with Crippen molar-refractivity contribution in [2.45, 2.75) is 32.2 Å². The van der Waals surface area contributed by atoms with Gasteiger partial charge in [0.05, 0.1) is 17.9 Å². The first-order valence-corrected chi connectivity index (χ1v) is 7.42. The van der Waals surface area contributed by atoms with E-state index in [4.69, 9.17) is 23.2 Å². The average molecular weight is 311 g/mol. The van der Waals surface area contributed by atoms with Gasteiger partial charge in [0.2, 0.25) is 0 Å². The molecule has 1 atom stereocenters. The number of fused-ring (bicyclic) bond motifs is 1. The predicted molar refractivity (Wildman–Crippen MR) is 81.5 cm³/mol. The lowest BCUT2D eigenvalue weighted by Gasteiger charge is -2.25. The van der Waals surface area contributed by atoms with Crippen molar-refractivity contribution in [2.24, 2.45) is 7.05 Å². The van der Waals surface area contributed by atoms with Gasteiger partial charge in [0, 0.05) is 18.3 Å². The van der Waals surface area contributed by atoms with E-state index in [0.717, 1.165) is 30.5 Å². The molecule has 0 aromatic carbocycles. The van der Waals surface area contributed by atoms with E-state index in [1.54, 1.807) is 0 Å². The van der Waals surface area contributed by atoms with Crippen molar-refractivity contribution in [3.8, 4) is 0 Å². The molecule has 0 radical (unpaired) electrons. The van der Waals surface area contributed by atoms with E-state index in [0.29, 0.717) is 10.3 Å². The number of rotatable bonds is 2. The van der Waals surface area contributed by atoms with Gasteiger partial charge in [-0.05, 0) is 37.8 Å². The number of pyridine rings is 1. The van der Waals surface area contributed by atoms with Crippen LogP contribution in [0.25, 0.3) is 0 Å². The van der Waals surface area contributed by atoms with E-state index in [9.17, 15) is 0 Å². The van der Waals surface area contributed by atoms with Crippen LogP contribution in [-0.4, -0.2) is 14.8 Å². The summed E-state index contributed by atoms with van der Waals surface area (Å²) in [6, 6.07) is 2.05. The molecular formula is C14H16Cl2N4. The third-order valence-corrected chi connectivity index (χ3v) is 4.30. The summed E-state index contributed by atoms with van der Waals surface area (Å²) >= 11 is 12.1. The molecule has 2 aromatic rings. The zero-order valence-electron chi connectivity index (χ0n) is 11.5. The topological polar surface area (TPSA) is 42.7 Å². The first-order chi connectivity index (χ1) is 9.56. The third-order valence-electron chi connectivity index (χ3n) is 3.84. The summed E-state index contributed by atoms with van der Waals surface area (Å²) < 4.78 is 1.96. The first kappa shape index (κ1) is 13.7. The van der Waals surface area contributed by atoms with Crippen LogP contribution in [0.15, 0.2) is 12.3 Å². The lowest BCUT2D eigenvalue weighted by atomic mass is 9.92. The van der Waals surface area contributed by atoms with Crippen LogP contribution in [0.3, 0.4) is 0 Å². The van der Waals surface area contributed by atoms with Crippen LogP contribution in [0.4, 0.5) is 5.69 Å². The summed E-state index contributed by atoms with van der Waals surface area (Å²) in [5, 5.41) is 8.71. The molecule has 0 saturated heterocycles. The molecule has 2 heterocycles. The zero-order chi connectivity index (χ0) is 14.3. The molecule has 0 spiro atoms. The predicted octanol–water partition coefficient (Wildman–Crippen LogP) is 3.92. The lowest BCUT2D eigenvalue weighted by molar-refractivity contribution is 0.571. The maximum Gasteiger partial charge on any atom is 0.154 e. The number of aromatic nitrogens is 3. The highest BCUT2D eigenvalue weighted by molar-refractivity contribution is 6.34. The Morgan fingerprint density at radius 2 is 2.20 bits per heavy atom. The van der Waals surface area contributed by atoms with Crippen LogP contribution in [0, 0.1) is 6.92 Å². The van der Waals surface area contributed by atoms with Crippen LogP contribution < -0.4 is 5.32 Å². The molecule has 1 aliphatic rings. The standard InChI is InChI=1S/C14H16Cl2N4/c1-8-6-12(15)19-14(16)13(8)18-10-4-3-5-11-9(10)7-17-20(11)2/h6-7,10,18H,3-5H2,1-2H3. The molecule has 0 aliphatic heterocycles. The first-order valence-electron chi connectivity index (χ1n) is 6.66. The van der Waals surface area contributed by atoms with Crippen molar-refractivity contribution in [3.05, 3.63) is 39.4 Å². The minimum absolute atomic E-state index is 0.228. The quantitative estimate of drug-likeness (QED) is 0.855. The molecule has 20 heavy (non-hydrogen) atoms. The lowest BCUT2D eigenvalue weighted by Crippen LogP contribution is -2.18. The van der Waals surface area contributed by atoms with Crippen molar-refractivity contribution in [1.29, 1.82) is 0 Å². The van der Waals surface area contributed by atoms with Crippen molar-refractivity contribution < 1.29 is 0 Å². The minimum Gasteiger partial charge on any atom is -0.375 e. The van der Waals surface area contributed by atoms with Gasteiger partial charge in [-0.1, -0.05) is 23.2 Å². The highest BCUT2D eigenvalue weighted by Gasteiger charge is 2.24. The van der Waals surface area contributed by atoms with Gasteiger partial charge in [0.1, 0.15) is 5.15 Å². The Kier molecular flexibility index (Phi) is 3.61. The van der Waals surface area contributed by atoms with E-state index in [1.165, 1.54) is 11.3 Å². The van der Waals surface area contributed by atoms with Gasteiger partial charge in [0.15, 0.2) is 5.15 Å². The maximum absolute atomic E-state index is 6.21. The van der Waals surface area contributed by atoms with Crippen LogP contribution in [-0.2, 0) is 13.5 Å². The number of hydrogen-bond acceptors (Lipinski definition) is 3. The van der Waals surface area contributed by atoms with Crippen LogP contribution >= 0.6 is 23.2 Å². The maximum atomic E-state index is 6.21. The Morgan fingerprint density at radius 1 is 1.40 bits per heavy atom. The number of nitrogens with one attached hydrogen (secondary N) is 1. The highest BCUT2D eigenvalue weighted by atomic mass is 35.5. The monoisotopic (exact) mass is 310 g/mol. The van der Waals surface area contributed by atoms with E-state index in [-0.39, 0.29) is 6.04 Å². The fourth-order valence-corrected chi connectivity index (χ4v) is 3.39. The van der Waals surface area contributed by atoms with Gasteiger partial charge in [-0.15, -0.1) is 0 Å². The summed E-state index contributed by atoms with van der Waals surface area (Å²) in [4.78, 5) is 4.11. The molecule has 106 valence electrons. The Labute approximate surface area is 128 Å². The Balaban J connectivity index is 1.93. The van der Waals surface area contributed by atoms with Gasteiger partial charge in [-0.25, -0.2) is 4.98 Å². The van der Waals surface area contributed by atoms with Crippen molar-refractivity contribution >= 4 is 28.9 Å². The molecule has 2 aromatic heterocycles. The van der Waals surface area contributed by atoms with Crippen molar-refractivity contribution in [1.82, 2.24) is 14.8 Å². The normalized spacial score (nSPS) is 17.9. The van der Waals surface area contributed by atoms with Crippen molar-refractivity contribution in [3.63, 3.8) is 0 Å². The Morgan fingerprint density at radius 3 is 2.95 bits per heavy atom. The highest BCUT2D eigenvalue weighted by Crippen LogP contribution is 2.35. The molecule has 1 N–H and O–H groups in total. The van der Waals surface area contributed by atoms with Gasteiger partial charge in [-0.2, -0.15) is 5.10 Å². The van der Waals surface area contributed by atoms with E-state index in [2.05, 4.69) is 15.4 Å². The smallest absolute Gasteiger partial charge is 0.154 e. The van der Waals surface area contributed by atoms with Crippen LogP contribution in [0.5, 0.6) is 0 Å². The second-order valence-corrected chi connectivity index (χ2v) is 5.93. The molecule has 6 heteroatoms. The van der Waals surface area contributed by atoms with E-state index < -0.39 is 0 Å². The van der Waals surface area contributed by atoms with Crippen LogP contribution in [0.2, 0.25) is 10.3 Å². The average Bonchev–Trinajstić information content (AvgIpc) is 2.77. The Bertz CT molecular complexity index is 628. The summed E-state index contributed by atoms with van der Waals surface area (Å²) in [6.45, 7) is 1.98. The summed E-state index contributed by atoms with van der Waals surface area (Å²) in [5.41, 5.74) is 4.41. The molecule has 0 bridgehead atoms. The summed E-state index contributed by atoms with van der Waals surface area (Å²) in [7, 11) is 1.99. The van der Waals surface area contributed by atoms with Gasteiger partial charge in [-0.3, -0.25) is 4.68 Å². The van der Waals surface area contributed by atoms with Crippen molar-refractivity contribution in [2.75, 3.05) is 5.32 Å². The number of aryl methyl sites for hydroxylation is 2. The zero-order valence-corrected chi connectivity index (χ0v) is 13.0. The van der Waals surface area contributed by atoms with Gasteiger partial charge in [0.25, 0.3) is 0 Å². The summed E-state index contributed by atoms with van der Waals surface area (Å²) in [6.07, 6.45) is 5.23. The fourth-order valence-electron chi connectivity index (χ4n) is 2.80. The minimum atomic E-state index is 0.228. The molecule has 0 amide bonds. The number of nitrogens with zero attached hydrogens (tertiary/aromatic N) is 3. The van der Waals surface area contributed by atoms with Crippen LogP contribution in [0.1, 0.15) is 35.7 Å². The fraction of sp³-hybridized carbons (Fsp3) is 0.429. The molecule has 4 nitrogen and oxygen atoms in total. The summed E-state index contributed by atoms with van der Waals surface area (Å²) in [5.74, 6) is 0. The molecule has 3 rings (SSSR count). The largest absolute Gasteiger partial charge is 0.375 e. The van der Waals surface area contributed by atoms with Gasteiger partial charge < -0.3 is 5.32 Å². The molecule has 0 saturated carbocycles. The van der Waals surface area contributed by atoms with Gasteiger partial charge >= 0.3 is 0 Å². The molecule has 1 aliphatic carbocycles. The number of halogens is 2. The number of hydrogen-bond donors (Lipinski definition) is 1. The molecule has 0 fully saturated rings. The second-order valence-electron chi connectivity index (χ2n) is 5.19. The second kappa shape index (κ2) is 5.26. The Hall–Kier alpha value is -1.26. The van der Waals surface area contributed by atoms with E-state index >= 15 is 0 Å². The van der Waals surface area contributed by atoms with E-state index in [1.807, 2.05) is 30.9 Å². The SMILES string of the molecule is Cc1cc(Cl)nc(Cl)c1NC1CCCc2c1cnn2C. The molecular weight excluding hydrogens is 295 g/mol. The molecule has 1 unspecified atom stereocenters. The third kappa shape index (κ3) is 2.38.